The van der Waals surface area contributed by atoms with Crippen molar-refractivity contribution in [2.24, 2.45) is 0 Å². The molecule has 3 heteroatoms. The third-order valence-corrected chi connectivity index (χ3v) is 2.51. The van der Waals surface area contributed by atoms with Crippen molar-refractivity contribution in [1.29, 1.82) is 0 Å². The molecule has 1 aliphatic rings. The number of hydrogen-bond donors (Lipinski definition) is 2. The van der Waals surface area contributed by atoms with Gasteiger partial charge in [-0.1, -0.05) is 12.1 Å². The second-order valence-electron chi connectivity index (χ2n) is 3.64. The fraction of sp³-hybridized carbons (Fsp3) is 0.455. The Morgan fingerprint density at radius 1 is 1.43 bits per heavy atom. The Bertz CT molecular complexity index is 314. The summed E-state index contributed by atoms with van der Waals surface area (Å²) in [5, 5.41) is 6.56. The summed E-state index contributed by atoms with van der Waals surface area (Å²) in [5.41, 5.74) is 1.09. The van der Waals surface area contributed by atoms with Crippen molar-refractivity contribution in [2.45, 2.75) is 19.1 Å². The zero-order chi connectivity index (χ0) is 9.97. The molecule has 0 aromatic heterocycles. The van der Waals surface area contributed by atoms with Gasteiger partial charge in [-0.05, 0) is 26.1 Å². The molecule has 0 radical (unpaired) electrons. The van der Waals surface area contributed by atoms with Crippen molar-refractivity contribution in [3.63, 3.8) is 0 Å². The normalized spacial score (nSPS) is 24.7. The topological polar surface area (TPSA) is 33.3 Å². The lowest BCUT2D eigenvalue weighted by atomic mass is 10.1. The van der Waals surface area contributed by atoms with Crippen LogP contribution in [0.5, 0.6) is 5.75 Å². The molecule has 0 saturated carbocycles. The van der Waals surface area contributed by atoms with Gasteiger partial charge in [0.15, 0.2) is 0 Å². The van der Waals surface area contributed by atoms with E-state index < -0.39 is 0 Å². The number of para-hydroxylation sites is 2. The number of hydrogen-bond acceptors (Lipinski definition) is 3. The predicted octanol–water partition coefficient (Wildman–Crippen LogP) is 1.47. The quantitative estimate of drug-likeness (QED) is 0.744. The molecule has 1 aromatic rings. The van der Waals surface area contributed by atoms with Gasteiger partial charge in [-0.15, -0.1) is 0 Å². The van der Waals surface area contributed by atoms with Gasteiger partial charge in [0, 0.05) is 6.54 Å². The van der Waals surface area contributed by atoms with Gasteiger partial charge in [0.1, 0.15) is 11.9 Å². The first kappa shape index (κ1) is 9.34. The number of likely N-dealkylation sites (N-methyl/N-ethyl adjacent to an activating group) is 1. The molecule has 1 aromatic carbocycles. The predicted molar refractivity (Wildman–Crippen MR) is 57.9 cm³/mol. The summed E-state index contributed by atoms with van der Waals surface area (Å²) in [6.07, 6.45) is 0.204. The van der Waals surface area contributed by atoms with Gasteiger partial charge in [0.05, 0.1) is 11.7 Å². The second-order valence-corrected chi connectivity index (χ2v) is 3.64. The summed E-state index contributed by atoms with van der Waals surface area (Å²) in [6.45, 7) is 3.00. The van der Waals surface area contributed by atoms with E-state index in [-0.39, 0.29) is 6.10 Å². The van der Waals surface area contributed by atoms with Crippen molar-refractivity contribution in [3.8, 4) is 5.75 Å². The molecule has 0 aliphatic carbocycles. The molecular formula is C11H16N2O. The SMILES string of the molecule is CNCC1Oc2ccccc2NC1C. The van der Waals surface area contributed by atoms with Crippen LogP contribution < -0.4 is 15.4 Å². The lowest BCUT2D eigenvalue weighted by Crippen LogP contribution is -2.44. The zero-order valence-corrected chi connectivity index (χ0v) is 8.58. The van der Waals surface area contributed by atoms with Crippen molar-refractivity contribution in [2.75, 3.05) is 18.9 Å². The maximum atomic E-state index is 5.86. The van der Waals surface area contributed by atoms with Gasteiger partial charge < -0.3 is 15.4 Å². The molecule has 76 valence electrons. The molecule has 14 heavy (non-hydrogen) atoms. The van der Waals surface area contributed by atoms with Crippen LogP contribution in [0.3, 0.4) is 0 Å². The minimum atomic E-state index is 0.204. The monoisotopic (exact) mass is 192 g/mol. The number of nitrogens with one attached hydrogen (secondary N) is 2. The summed E-state index contributed by atoms with van der Waals surface area (Å²) in [4.78, 5) is 0. The van der Waals surface area contributed by atoms with Crippen LogP contribution in [-0.4, -0.2) is 25.7 Å². The van der Waals surface area contributed by atoms with Crippen LogP contribution in [0.25, 0.3) is 0 Å². The molecule has 0 saturated heterocycles. The Morgan fingerprint density at radius 2 is 2.21 bits per heavy atom. The van der Waals surface area contributed by atoms with Crippen LogP contribution in [0.4, 0.5) is 5.69 Å². The Labute approximate surface area is 84.5 Å². The Kier molecular flexibility index (Phi) is 2.59. The smallest absolute Gasteiger partial charge is 0.143 e. The minimum absolute atomic E-state index is 0.204. The van der Waals surface area contributed by atoms with Gasteiger partial charge in [0.25, 0.3) is 0 Å². The number of rotatable bonds is 2. The molecule has 2 rings (SSSR count). The second kappa shape index (κ2) is 3.88. The molecule has 0 fully saturated rings. The van der Waals surface area contributed by atoms with E-state index in [1.807, 2.05) is 31.3 Å². The average molecular weight is 192 g/mol. The van der Waals surface area contributed by atoms with Gasteiger partial charge in [-0.3, -0.25) is 0 Å². The van der Waals surface area contributed by atoms with Crippen LogP contribution in [0.2, 0.25) is 0 Å². The van der Waals surface area contributed by atoms with Gasteiger partial charge >= 0.3 is 0 Å². The van der Waals surface area contributed by atoms with Crippen LogP contribution >= 0.6 is 0 Å². The van der Waals surface area contributed by atoms with Gasteiger partial charge in [0.2, 0.25) is 0 Å². The third kappa shape index (κ3) is 1.68. The Hall–Kier alpha value is -1.22. The lowest BCUT2D eigenvalue weighted by molar-refractivity contribution is 0.174. The highest BCUT2D eigenvalue weighted by Crippen LogP contribution is 2.30. The van der Waals surface area contributed by atoms with Crippen molar-refractivity contribution >= 4 is 5.69 Å². The van der Waals surface area contributed by atoms with Crippen molar-refractivity contribution in [3.05, 3.63) is 24.3 Å². The van der Waals surface area contributed by atoms with E-state index in [0.29, 0.717) is 6.04 Å². The molecule has 2 unspecified atom stereocenters. The highest BCUT2D eigenvalue weighted by atomic mass is 16.5. The Balaban J connectivity index is 2.18. The molecule has 0 spiro atoms. The molecule has 2 atom stereocenters. The van der Waals surface area contributed by atoms with E-state index >= 15 is 0 Å². The van der Waals surface area contributed by atoms with Crippen molar-refractivity contribution < 1.29 is 4.74 Å². The average Bonchev–Trinajstić information content (AvgIpc) is 2.19. The lowest BCUT2D eigenvalue weighted by Gasteiger charge is -2.32. The van der Waals surface area contributed by atoms with E-state index in [4.69, 9.17) is 4.74 Å². The highest BCUT2D eigenvalue weighted by Gasteiger charge is 2.24. The van der Waals surface area contributed by atoms with Crippen LogP contribution in [0.1, 0.15) is 6.92 Å². The van der Waals surface area contributed by atoms with Gasteiger partial charge in [-0.25, -0.2) is 0 Å². The van der Waals surface area contributed by atoms with Crippen LogP contribution in [0, 0.1) is 0 Å². The fourth-order valence-electron chi connectivity index (χ4n) is 1.71. The highest BCUT2D eigenvalue weighted by molar-refractivity contribution is 5.58. The molecule has 0 amide bonds. The summed E-state index contributed by atoms with van der Waals surface area (Å²) < 4.78 is 5.86. The maximum absolute atomic E-state index is 5.86. The maximum Gasteiger partial charge on any atom is 0.143 e. The molecule has 2 N–H and O–H groups in total. The first-order valence-electron chi connectivity index (χ1n) is 4.98. The zero-order valence-electron chi connectivity index (χ0n) is 8.58. The van der Waals surface area contributed by atoms with E-state index in [1.165, 1.54) is 0 Å². The number of anilines is 1. The summed E-state index contributed by atoms with van der Waals surface area (Å²) in [5.74, 6) is 0.950. The van der Waals surface area contributed by atoms with E-state index in [1.54, 1.807) is 0 Å². The first-order valence-corrected chi connectivity index (χ1v) is 4.98. The largest absolute Gasteiger partial charge is 0.485 e. The van der Waals surface area contributed by atoms with E-state index in [9.17, 15) is 0 Å². The third-order valence-electron chi connectivity index (χ3n) is 2.51. The van der Waals surface area contributed by atoms with E-state index in [0.717, 1.165) is 18.0 Å². The molecule has 1 aliphatic heterocycles. The first-order chi connectivity index (χ1) is 6.81. The number of fused-ring (bicyclic) bond motifs is 1. The van der Waals surface area contributed by atoms with Gasteiger partial charge in [-0.2, -0.15) is 0 Å². The molecule has 0 bridgehead atoms. The fourth-order valence-corrected chi connectivity index (χ4v) is 1.71. The van der Waals surface area contributed by atoms with Crippen LogP contribution in [-0.2, 0) is 0 Å². The summed E-state index contributed by atoms with van der Waals surface area (Å²) in [7, 11) is 1.94. The molecular weight excluding hydrogens is 176 g/mol. The number of benzene rings is 1. The summed E-state index contributed by atoms with van der Waals surface area (Å²) >= 11 is 0. The number of ether oxygens (including phenoxy) is 1. The molecule has 3 nitrogen and oxygen atoms in total. The summed E-state index contributed by atoms with van der Waals surface area (Å²) in [6, 6.07) is 8.39. The minimum Gasteiger partial charge on any atom is -0.485 e. The van der Waals surface area contributed by atoms with E-state index in [2.05, 4.69) is 17.6 Å². The standard InChI is InChI=1S/C11H16N2O/c1-8-11(7-12-2)14-10-6-4-3-5-9(10)13-8/h3-6,8,11-13H,7H2,1-2H3. The Morgan fingerprint density at radius 3 is 3.00 bits per heavy atom. The van der Waals surface area contributed by atoms with Crippen LogP contribution in [0.15, 0.2) is 24.3 Å². The molecule has 1 heterocycles. The van der Waals surface area contributed by atoms with Crippen molar-refractivity contribution in [1.82, 2.24) is 5.32 Å².